The van der Waals surface area contributed by atoms with Crippen molar-refractivity contribution in [1.82, 2.24) is 5.32 Å². The Balaban J connectivity index is 1.79. The molecule has 1 aromatic heterocycles. The van der Waals surface area contributed by atoms with Crippen LogP contribution >= 0.6 is 0 Å². The quantitative estimate of drug-likeness (QED) is 0.489. The highest BCUT2D eigenvalue weighted by Gasteiger charge is 2.15. The van der Waals surface area contributed by atoms with Crippen molar-refractivity contribution in [1.29, 1.82) is 5.26 Å². The highest BCUT2D eigenvalue weighted by Crippen LogP contribution is 2.28. The number of nitrogens with one attached hydrogen (secondary N) is 1. The molecule has 3 aromatic rings. The number of rotatable bonds is 6. The summed E-state index contributed by atoms with van der Waals surface area (Å²) in [5.74, 6) is -0.735. The second kappa shape index (κ2) is 8.72. The minimum absolute atomic E-state index is 0.0853. The third-order valence-electron chi connectivity index (χ3n) is 4.40. The van der Waals surface area contributed by atoms with E-state index in [9.17, 15) is 20.0 Å². The number of aromatic carboxylic acids is 1. The molecule has 0 fully saturated rings. The number of nitrogens with zero attached hydrogens (tertiary/aromatic N) is 1. The Morgan fingerprint density at radius 3 is 2.55 bits per heavy atom. The van der Waals surface area contributed by atoms with Crippen molar-refractivity contribution in [3.05, 3.63) is 88.7 Å². The van der Waals surface area contributed by atoms with Crippen LogP contribution in [0, 0.1) is 18.3 Å². The number of hydrogen-bond donors (Lipinski definition) is 2. The molecule has 3 rings (SSSR count). The maximum absolute atomic E-state index is 12.3. The molecule has 0 unspecified atom stereocenters. The Morgan fingerprint density at radius 2 is 1.86 bits per heavy atom. The van der Waals surface area contributed by atoms with E-state index in [2.05, 4.69) is 5.32 Å². The standard InChI is InChI=1S/C23H18N2O4/c1-15-19(8-5-9-20(15)23(27)28)21-11-10-18(29-21)12-17(13-24)22(26)25-14-16-6-3-2-4-7-16/h2-12H,14H2,1H3,(H,25,26)(H,27,28). The molecular weight excluding hydrogens is 368 g/mol. The topological polar surface area (TPSA) is 103 Å². The average Bonchev–Trinajstić information content (AvgIpc) is 3.19. The fraction of sp³-hybridized carbons (Fsp3) is 0.0870. The lowest BCUT2D eigenvalue weighted by Crippen LogP contribution is -2.23. The molecule has 6 nitrogen and oxygen atoms in total. The summed E-state index contributed by atoms with van der Waals surface area (Å²) in [5.41, 5.74) is 2.24. The van der Waals surface area contributed by atoms with Crippen molar-refractivity contribution in [3.63, 3.8) is 0 Å². The maximum atomic E-state index is 12.3. The summed E-state index contributed by atoms with van der Waals surface area (Å²) in [4.78, 5) is 23.6. The first-order chi connectivity index (χ1) is 14.0. The molecule has 0 radical (unpaired) electrons. The molecule has 0 aliphatic rings. The van der Waals surface area contributed by atoms with Gasteiger partial charge in [-0.1, -0.05) is 42.5 Å². The highest BCUT2D eigenvalue weighted by atomic mass is 16.4. The Hall–Kier alpha value is -4.11. The molecule has 29 heavy (non-hydrogen) atoms. The minimum atomic E-state index is -1.02. The summed E-state index contributed by atoms with van der Waals surface area (Å²) in [6.45, 7) is 2.01. The Kier molecular flexibility index (Phi) is 5.91. The van der Waals surface area contributed by atoms with Crippen molar-refractivity contribution in [2.24, 2.45) is 0 Å². The molecular formula is C23H18N2O4. The van der Waals surface area contributed by atoms with Crippen molar-refractivity contribution in [2.45, 2.75) is 13.5 Å². The van der Waals surface area contributed by atoms with E-state index in [-0.39, 0.29) is 11.1 Å². The predicted molar refractivity (Wildman–Crippen MR) is 108 cm³/mol. The number of carboxylic acids is 1. The molecule has 6 heteroatoms. The van der Waals surface area contributed by atoms with Gasteiger partial charge in [0.2, 0.25) is 0 Å². The number of carbonyl (C=O) groups is 2. The Labute approximate surface area is 167 Å². The van der Waals surface area contributed by atoms with Crippen LogP contribution in [0.4, 0.5) is 0 Å². The number of amides is 1. The fourth-order valence-corrected chi connectivity index (χ4v) is 2.87. The van der Waals surface area contributed by atoms with Crippen LogP contribution in [0.2, 0.25) is 0 Å². The van der Waals surface area contributed by atoms with Gasteiger partial charge < -0.3 is 14.8 Å². The van der Waals surface area contributed by atoms with Crippen LogP contribution in [0.15, 0.2) is 70.7 Å². The third-order valence-corrected chi connectivity index (χ3v) is 4.40. The monoisotopic (exact) mass is 386 g/mol. The Bertz CT molecular complexity index is 1120. The predicted octanol–water partition coefficient (Wildman–Crippen LogP) is 4.18. The average molecular weight is 386 g/mol. The van der Waals surface area contributed by atoms with E-state index in [1.807, 2.05) is 36.4 Å². The van der Waals surface area contributed by atoms with Crippen LogP contribution in [-0.2, 0) is 11.3 Å². The summed E-state index contributed by atoms with van der Waals surface area (Å²) in [7, 11) is 0. The number of hydrogen-bond acceptors (Lipinski definition) is 4. The van der Waals surface area contributed by atoms with Gasteiger partial charge in [0.1, 0.15) is 23.2 Å². The van der Waals surface area contributed by atoms with E-state index in [1.54, 1.807) is 31.2 Å². The van der Waals surface area contributed by atoms with Gasteiger partial charge in [-0.3, -0.25) is 4.79 Å². The fourth-order valence-electron chi connectivity index (χ4n) is 2.87. The summed E-state index contributed by atoms with van der Waals surface area (Å²) in [5, 5.41) is 21.3. The zero-order valence-electron chi connectivity index (χ0n) is 15.7. The molecule has 144 valence electrons. The van der Waals surface area contributed by atoms with Gasteiger partial charge in [-0.15, -0.1) is 0 Å². The lowest BCUT2D eigenvalue weighted by Gasteiger charge is -2.06. The maximum Gasteiger partial charge on any atom is 0.335 e. The van der Waals surface area contributed by atoms with Gasteiger partial charge in [0.15, 0.2) is 0 Å². The lowest BCUT2D eigenvalue weighted by molar-refractivity contribution is -0.117. The third kappa shape index (κ3) is 4.60. The van der Waals surface area contributed by atoms with Gasteiger partial charge in [0.25, 0.3) is 5.91 Å². The van der Waals surface area contributed by atoms with Gasteiger partial charge in [-0.2, -0.15) is 5.26 Å². The van der Waals surface area contributed by atoms with Gasteiger partial charge in [0.05, 0.1) is 5.56 Å². The van der Waals surface area contributed by atoms with Gasteiger partial charge in [-0.05, 0) is 36.2 Å². The number of benzene rings is 2. The molecule has 0 bridgehead atoms. The second-order valence-corrected chi connectivity index (χ2v) is 6.32. The van der Waals surface area contributed by atoms with E-state index >= 15 is 0 Å². The van der Waals surface area contributed by atoms with E-state index in [4.69, 9.17) is 4.42 Å². The number of carboxylic acid groups (broad SMARTS) is 1. The molecule has 0 aliphatic carbocycles. The molecule has 1 amide bonds. The zero-order valence-corrected chi connectivity index (χ0v) is 15.7. The summed E-state index contributed by atoms with van der Waals surface area (Å²) >= 11 is 0. The molecule has 2 N–H and O–H groups in total. The van der Waals surface area contributed by atoms with Crippen LogP contribution in [0.5, 0.6) is 0 Å². The van der Waals surface area contributed by atoms with E-state index in [0.29, 0.717) is 29.2 Å². The van der Waals surface area contributed by atoms with Crippen LogP contribution in [0.3, 0.4) is 0 Å². The van der Waals surface area contributed by atoms with Crippen LogP contribution in [-0.4, -0.2) is 17.0 Å². The van der Waals surface area contributed by atoms with Gasteiger partial charge >= 0.3 is 5.97 Å². The minimum Gasteiger partial charge on any atom is -0.478 e. The molecule has 0 saturated heterocycles. The molecule has 0 saturated carbocycles. The van der Waals surface area contributed by atoms with Gasteiger partial charge in [-0.25, -0.2) is 4.79 Å². The number of nitriles is 1. The van der Waals surface area contributed by atoms with Crippen molar-refractivity contribution in [3.8, 4) is 17.4 Å². The Morgan fingerprint density at radius 1 is 1.10 bits per heavy atom. The molecule has 0 aliphatic heterocycles. The van der Waals surface area contributed by atoms with Crippen molar-refractivity contribution in [2.75, 3.05) is 0 Å². The number of furan rings is 1. The molecule has 1 heterocycles. The smallest absolute Gasteiger partial charge is 0.335 e. The van der Waals surface area contributed by atoms with Crippen LogP contribution < -0.4 is 5.32 Å². The highest BCUT2D eigenvalue weighted by molar-refractivity contribution is 6.01. The summed E-state index contributed by atoms with van der Waals surface area (Å²) in [6.07, 6.45) is 1.36. The van der Waals surface area contributed by atoms with Crippen LogP contribution in [0.1, 0.15) is 27.2 Å². The SMILES string of the molecule is Cc1c(C(=O)O)cccc1-c1ccc(C=C(C#N)C(=O)NCc2ccccc2)o1. The first-order valence-electron chi connectivity index (χ1n) is 8.86. The molecule has 0 atom stereocenters. The normalized spacial score (nSPS) is 11.0. The molecule has 2 aromatic carbocycles. The van der Waals surface area contributed by atoms with E-state index < -0.39 is 11.9 Å². The second-order valence-electron chi connectivity index (χ2n) is 6.32. The lowest BCUT2D eigenvalue weighted by atomic mass is 10.0. The first-order valence-corrected chi connectivity index (χ1v) is 8.86. The molecule has 0 spiro atoms. The van der Waals surface area contributed by atoms with Crippen molar-refractivity contribution >= 4 is 18.0 Å². The number of carbonyl (C=O) groups excluding carboxylic acids is 1. The summed E-state index contributed by atoms with van der Waals surface area (Å²) < 4.78 is 5.73. The van der Waals surface area contributed by atoms with E-state index in [1.165, 1.54) is 12.1 Å². The largest absolute Gasteiger partial charge is 0.478 e. The summed E-state index contributed by atoms with van der Waals surface area (Å²) in [6, 6.07) is 19.5. The van der Waals surface area contributed by atoms with E-state index in [0.717, 1.165) is 5.56 Å². The van der Waals surface area contributed by atoms with Gasteiger partial charge in [0, 0.05) is 18.2 Å². The zero-order chi connectivity index (χ0) is 20.8. The van der Waals surface area contributed by atoms with Crippen LogP contribution in [0.25, 0.3) is 17.4 Å². The van der Waals surface area contributed by atoms with Crippen molar-refractivity contribution < 1.29 is 19.1 Å². The first kappa shape index (κ1) is 19.6.